The first kappa shape index (κ1) is 24.1. The zero-order valence-corrected chi connectivity index (χ0v) is 18.3. The van der Waals surface area contributed by atoms with Gasteiger partial charge in [0.05, 0.1) is 6.54 Å². The van der Waals surface area contributed by atoms with Gasteiger partial charge < -0.3 is 14.6 Å². The lowest BCUT2D eigenvalue weighted by Crippen LogP contribution is -2.49. The lowest BCUT2D eigenvalue weighted by Gasteiger charge is -2.34. The Morgan fingerprint density at radius 1 is 0.963 bits per heavy atom. The van der Waals surface area contributed by atoms with Crippen molar-refractivity contribution in [1.82, 2.24) is 14.7 Å². The SMILES string of the molecule is CC.CC(C)N1CCC(CCCCCC(=O)N2CCN(CC=O)CC2)CC1. The lowest BCUT2D eigenvalue weighted by atomic mass is 9.90. The van der Waals surface area contributed by atoms with E-state index < -0.39 is 0 Å². The van der Waals surface area contributed by atoms with Crippen molar-refractivity contribution < 1.29 is 9.59 Å². The Kier molecular flexibility index (Phi) is 12.6. The van der Waals surface area contributed by atoms with Gasteiger partial charge in [-0.1, -0.05) is 33.1 Å². The molecule has 0 radical (unpaired) electrons. The first-order valence-electron chi connectivity index (χ1n) is 11.3. The normalized spacial score (nSPS) is 19.7. The van der Waals surface area contributed by atoms with Gasteiger partial charge in [0.1, 0.15) is 6.29 Å². The van der Waals surface area contributed by atoms with Crippen molar-refractivity contribution in [2.45, 2.75) is 78.7 Å². The zero-order chi connectivity index (χ0) is 20.1. The molecule has 2 aliphatic rings. The second-order valence-electron chi connectivity index (χ2n) is 8.02. The average molecular weight is 382 g/mol. The van der Waals surface area contributed by atoms with Crippen LogP contribution < -0.4 is 0 Å². The smallest absolute Gasteiger partial charge is 0.222 e. The number of unbranched alkanes of at least 4 members (excludes halogenated alkanes) is 2. The molecule has 0 aromatic heterocycles. The number of carbonyl (C=O) groups excluding carboxylic acids is 2. The van der Waals surface area contributed by atoms with Gasteiger partial charge >= 0.3 is 0 Å². The Morgan fingerprint density at radius 3 is 2.15 bits per heavy atom. The highest BCUT2D eigenvalue weighted by molar-refractivity contribution is 5.76. The van der Waals surface area contributed by atoms with E-state index in [0.717, 1.165) is 44.8 Å². The summed E-state index contributed by atoms with van der Waals surface area (Å²) in [5, 5.41) is 0. The number of aldehydes is 1. The number of piperidine rings is 1. The maximum atomic E-state index is 12.3. The Hall–Kier alpha value is -0.940. The van der Waals surface area contributed by atoms with Crippen LogP contribution in [0, 0.1) is 5.92 Å². The van der Waals surface area contributed by atoms with Crippen LogP contribution in [-0.4, -0.2) is 78.7 Å². The fourth-order valence-corrected chi connectivity index (χ4v) is 4.09. The first-order valence-corrected chi connectivity index (χ1v) is 11.3. The molecule has 0 bridgehead atoms. The molecule has 158 valence electrons. The second-order valence-corrected chi connectivity index (χ2v) is 8.02. The van der Waals surface area contributed by atoms with Crippen molar-refractivity contribution in [3.63, 3.8) is 0 Å². The van der Waals surface area contributed by atoms with Crippen molar-refractivity contribution in [3.8, 4) is 0 Å². The number of hydrogen-bond donors (Lipinski definition) is 0. The number of nitrogens with zero attached hydrogens (tertiary/aromatic N) is 3. The molecule has 0 atom stereocenters. The molecule has 0 spiro atoms. The summed E-state index contributed by atoms with van der Waals surface area (Å²) in [7, 11) is 0. The Balaban J connectivity index is 0.00000176. The summed E-state index contributed by atoms with van der Waals surface area (Å²) in [6.45, 7) is 14.8. The molecule has 0 unspecified atom stereocenters. The molecule has 5 nitrogen and oxygen atoms in total. The van der Waals surface area contributed by atoms with E-state index in [0.29, 0.717) is 24.9 Å². The number of carbonyl (C=O) groups is 2. The third kappa shape index (κ3) is 9.20. The Bertz CT molecular complexity index is 398. The maximum Gasteiger partial charge on any atom is 0.222 e. The maximum absolute atomic E-state index is 12.3. The largest absolute Gasteiger partial charge is 0.340 e. The van der Waals surface area contributed by atoms with Gasteiger partial charge in [0.2, 0.25) is 5.91 Å². The minimum atomic E-state index is 0.302. The molecule has 2 saturated heterocycles. The van der Waals surface area contributed by atoms with Gasteiger partial charge in [-0.15, -0.1) is 0 Å². The monoisotopic (exact) mass is 381 g/mol. The molecule has 0 saturated carbocycles. The van der Waals surface area contributed by atoms with Crippen LogP contribution in [0.15, 0.2) is 0 Å². The molecule has 0 aliphatic carbocycles. The molecule has 2 fully saturated rings. The predicted molar refractivity (Wildman–Crippen MR) is 113 cm³/mol. The number of piperazine rings is 1. The van der Waals surface area contributed by atoms with E-state index in [1.54, 1.807) is 0 Å². The van der Waals surface area contributed by atoms with Crippen molar-refractivity contribution >= 4 is 12.2 Å². The van der Waals surface area contributed by atoms with Gasteiger partial charge in [-0.05, 0) is 52.1 Å². The third-order valence-electron chi connectivity index (χ3n) is 5.94. The minimum Gasteiger partial charge on any atom is -0.340 e. The first-order chi connectivity index (χ1) is 13.1. The summed E-state index contributed by atoms with van der Waals surface area (Å²) in [5.41, 5.74) is 0. The van der Waals surface area contributed by atoms with E-state index >= 15 is 0 Å². The number of likely N-dealkylation sites (tertiary alicyclic amines) is 1. The standard InChI is InChI=1S/C20H37N3O2.C2H6/c1-18(2)22-10-8-19(9-11-22)6-4-3-5-7-20(25)23-14-12-21(13-15-23)16-17-24;1-2/h17-19H,3-16H2,1-2H3;1-2H3. The molecular weight excluding hydrogens is 338 g/mol. The van der Waals surface area contributed by atoms with Gasteiger partial charge in [0.25, 0.3) is 0 Å². The molecule has 2 rings (SSSR count). The van der Waals surface area contributed by atoms with E-state index in [9.17, 15) is 9.59 Å². The third-order valence-corrected chi connectivity index (χ3v) is 5.94. The molecule has 27 heavy (non-hydrogen) atoms. The topological polar surface area (TPSA) is 43.9 Å². The van der Waals surface area contributed by atoms with Crippen molar-refractivity contribution in [1.29, 1.82) is 0 Å². The number of hydrogen-bond acceptors (Lipinski definition) is 4. The van der Waals surface area contributed by atoms with Crippen molar-refractivity contribution in [2.24, 2.45) is 5.92 Å². The highest BCUT2D eigenvalue weighted by atomic mass is 16.2. The van der Waals surface area contributed by atoms with E-state index in [2.05, 4.69) is 23.6 Å². The van der Waals surface area contributed by atoms with Crippen LogP contribution in [0.2, 0.25) is 0 Å². The number of rotatable bonds is 9. The predicted octanol–water partition coefficient (Wildman–Crippen LogP) is 3.43. The average Bonchev–Trinajstić information content (AvgIpc) is 2.70. The molecule has 2 heterocycles. The summed E-state index contributed by atoms with van der Waals surface area (Å²) in [6.07, 6.45) is 9.16. The Morgan fingerprint density at radius 2 is 1.59 bits per heavy atom. The van der Waals surface area contributed by atoms with E-state index in [1.807, 2.05) is 18.7 Å². The van der Waals surface area contributed by atoms with Gasteiger partial charge in [-0.3, -0.25) is 9.69 Å². The zero-order valence-electron chi connectivity index (χ0n) is 18.3. The molecule has 0 aromatic rings. The summed E-state index contributed by atoms with van der Waals surface area (Å²) in [5.74, 6) is 1.20. The fraction of sp³-hybridized carbons (Fsp3) is 0.909. The summed E-state index contributed by atoms with van der Waals surface area (Å²) in [4.78, 5) is 29.5. The molecule has 0 N–H and O–H groups in total. The highest BCUT2D eigenvalue weighted by Crippen LogP contribution is 2.24. The second kappa shape index (κ2) is 14.1. The van der Waals surface area contributed by atoms with Gasteiger partial charge in [-0.2, -0.15) is 0 Å². The van der Waals surface area contributed by atoms with E-state index in [1.165, 1.54) is 45.2 Å². The van der Waals surface area contributed by atoms with Crippen LogP contribution >= 0.6 is 0 Å². The lowest BCUT2D eigenvalue weighted by molar-refractivity contribution is -0.133. The quantitative estimate of drug-likeness (QED) is 0.453. The summed E-state index contributed by atoms with van der Waals surface area (Å²) >= 11 is 0. The minimum absolute atomic E-state index is 0.302. The summed E-state index contributed by atoms with van der Waals surface area (Å²) in [6, 6.07) is 0.687. The van der Waals surface area contributed by atoms with Gasteiger partial charge in [0, 0.05) is 38.6 Å². The van der Waals surface area contributed by atoms with E-state index in [4.69, 9.17) is 0 Å². The van der Waals surface area contributed by atoms with Crippen LogP contribution in [-0.2, 0) is 9.59 Å². The van der Waals surface area contributed by atoms with Crippen molar-refractivity contribution in [3.05, 3.63) is 0 Å². The van der Waals surface area contributed by atoms with Crippen LogP contribution in [0.3, 0.4) is 0 Å². The Labute approximate surface area is 167 Å². The molecule has 5 heteroatoms. The van der Waals surface area contributed by atoms with Gasteiger partial charge in [-0.25, -0.2) is 0 Å². The van der Waals surface area contributed by atoms with E-state index in [-0.39, 0.29) is 0 Å². The van der Waals surface area contributed by atoms with Crippen LogP contribution in [0.25, 0.3) is 0 Å². The van der Waals surface area contributed by atoms with Crippen LogP contribution in [0.1, 0.15) is 72.6 Å². The van der Waals surface area contributed by atoms with Crippen LogP contribution in [0.4, 0.5) is 0 Å². The molecular formula is C22H43N3O2. The number of amides is 1. The molecule has 1 amide bonds. The molecule has 2 aliphatic heterocycles. The van der Waals surface area contributed by atoms with Crippen LogP contribution in [0.5, 0.6) is 0 Å². The van der Waals surface area contributed by atoms with Crippen molar-refractivity contribution in [2.75, 3.05) is 45.8 Å². The highest BCUT2D eigenvalue weighted by Gasteiger charge is 2.21. The van der Waals surface area contributed by atoms with Gasteiger partial charge in [0.15, 0.2) is 0 Å². The fourth-order valence-electron chi connectivity index (χ4n) is 4.09. The summed E-state index contributed by atoms with van der Waals surface area (Å²) < 4.78 is 0. The molecule has 0 aromatic carbocycles.